The van der Waals surface area contributed by atoms with Crippen molar-refractivity contribution >= 4 is 42.1 Å². The third-order valence-electron chi connectivity index (χ3n) is 4.16. The number of nitrogens with zero attached hydrogens (tertiary/aromatic N) is 1. The lowest BCUT2D eigenvalue weighted by atomic mass is 9.98. The van der Waals surface area contributed by atoms with Gasteiger partial charge in [-0.2, -0.15) is 0 Å². The van der Waals surface area contributed by atoms with E-state index in [4.69, 9.17) is 0 Å². The molecule has 0 aromatic carbocycles. The molecule has 2 heterocycles. The molecule has 128 valence electrons. The van der Waals surface area contributed by atoms with Gasteiger partial charge in [0.25, 0.3) is 0 Å². The highest BCUT2D eigenvalue weighted by molar-refractivity contribution is 7.09. The number of rotatable bonds is 6. The van der Waals surface area contributed by atoms with Crippen LogP contribution in [0.4, 0.5) is 0 Å². The minimum atomic E-state index is -0.329. The van der Waals surface area contributed by atoms with Crippen molar-refractivity contribution in [2.24, 2.45) is 5.92 Å². The van der Waals surface area contributed by atoms with Crippen LogP contribution in [0.5, 0.6) is 0 Å². The first-order chi connectivity index (χ1) is 9.53. The zero-order valence-electron chi connectivity index (χ0n) is 13.5. The van der Waals surface area contributed by atoms with Gasteiger partial charge < -0.3 is 10.6 Å². The van der Waals surface area contributed by atoms with Crippen LogP contribution in [0.25, 0.3) is 0 Å². The zero-order valence-corrected chi connectivity index (χ0v) is 15.9. The van der Waals surface area contributed by atoms with Crippen molar-refractivity contribution in [1.82, 2.24) is 15.6 Å². The third-order valence-corrected chi connectivity index (χ3v) is 5.38. The fraction of sp³-hybridized carbons (Fsp3) is 0.733. The highest BCUT2D eigenvalue weighted by Gasteiger charge is 2.29. The summed E-state index contributed by atoms with van der Waals surface area (Å²) in [7, 11) is 0. The zero-order chi connectivity index (χ0) is 14.6. The highest BCUT2D eigenvalue weighted by Crippen LogP contribution is 2.28. The molecular formula is C15H27Cl2N3OS. The first kappa shape index (κ1) is 21.6. The number of aryl methyl sites for hydroxylation is 1. The number of thiazole rings is 1. The van der Waals surface area contributed by atoms with Crippen molar-refractivity contribution in [2.75, 3.05) is 13.1 Å². The second-order valence-electron chi connectivity index (χ2n) is 5.93. The van der Waals surface area contributed by atoms with E-state index in [0.29, 0.717) is 12.3 Å². The molecule has 7 heteroatoms. The minimum absolute atomic E-state index is 0. The molecule has 2 unspecified atom stereocenters. The van der Waals surface area contributed by atoms with Crippen LogP contribution in [0.3, 0.4) is 0 Å². The molecule has 1 aliphatic heterocycles. The molecule has 0 saturated carbocycles. The van der Waals surface area contributed by atoms with Crippen molar-refractivity contribution in [3.05, 3.63) is 16.1 Å². The molecule has 1 aromatic heterocycles. The van der Waals surface area contributed by atoms with Crippen LogP contribution in [-0.4, -0.2) is 24.0 Å². The molecule has 2 N–H and O–H groups in total. The summed E-state index contributed by atoms with van der Waals surface area (Å²) >= 11 is 1.63. The molecule has 1 amide bonds. The molecule has 4 nitrogen and oxygen atoms in total. The smallest absolute Gasteiger partial charge is 0.220 e. The lowest BCUT2D eigenvalue weighted by Gasteiger charge is -2.27. The van der Waals surface area contributed by atoms with Crippen LogP contribution in [0, 0.1) is 12.8 Å². The maximum absolute atomic E-state index is 12.2. The maximum atomic E-state index is 12.2. The molecule has 22 heavy (non-hydrogen) atoms. The van der Waals surface area contributed by atoms with E-state index in [2.05, 4.69) is 29.5 Å². The van der Waals surface area contributed by atoms with Crippen molar-refractivity contribution in [2.45, 2.75) is 52.0 Å². The lowest BCUT2D eigenvalue weighted by molar-refractivity contribution is -0.123. The lowest BCUT2D eigenvalue weighted by Crippen LogP contribution is -2.43. The summed E-state index contributed by atoms with van der Waals surface area (Å²) < 4.78 is 0. The predicted molar refractivity (Wildman–Crippen MR) is 97.3 cm³/mol. The Morgan fingerprint density at radius 2 is 2.27 bits per heavy atom. The molecule has 1 aromatic rings. The number of amides is 1. The predicted octanol–water partition coefficient (Wildman–Crippen LogP) is 3.43. The van der Waals surface area contributed by atoms with E-state index in [1.165, 1.54) is 6.42 Å². The summed E-state index contributed by atoms with van der Waals surface area (Å²) in [5, 5.41) is 9.58. The molecule has 2 rings (SSSR count). The van der Waals surface area contributed by atoms with Crippen molar-refractivity contribution < 1.29 is 4.79 Å². The second kappa shape index (κ2) is 9.71. The molecule has 0 bridgehead atoms. The highest BCUT2D eigenvalue weighted by atomic mass is 35.5. The Hall–Kier alpha value is -0.360. The Morgan fingerprint density at radius 1 is 1.55 bits per heavy atom. The summed E-state index contributed by atoms with van der Waals surface area (Å²) in [5.74, 6) is 0.810. The second-order valence-corrected chi connectivity index (χ2v) is 6.78. The summed E-state index contributed by atoms with van der Waals surface area (Å²) in [5.41, 5.74) is 0.695. The van der Waals surface area contributed by atoms with E-state index in [1.54, 1.807) is 11.3 Å². The Kier molecular flexibility index (Phi) is 9.55. The Balaban J connectivity index is 0.00000220. The average Bonchev–Trinajstić information content (AvgIpc) is 3.07. The fourth-order valence-electron chi connectivity index (χ4n) is 2.57. The van der Waals surface area contributed by atoms with Crippen LogP contribution < -0.4 is 10.6 Å². The van der Waals surface area contributed by atoms with Gasteiger partial charge in [-0.25, -0.2) is 4.98 Å². The van der Waals surface area contributed by atoms with Crippen LogP contribution >= 0.6 is 36.2 Å². The Morgan fingerprint density at radius 3 is 2.77 bits per heavy atom. The average molecular weight is 368 g/mol. The van der Waals surface area contributed by atoms with Gasteiger partial charge in [0.1, 0.15) is 5.01 Å². The minimum Gasteiger partial charge on any atom is -0.344 e. The number of nitrogens with one attached hydrogen (secondary N) is 2. The number of aromatic nitrogens is 1. The van der Waals surface area contributed by atoms with Gasteiger partial charge in [0.15, 0.2) is 0 Å². The van der Waals surface area contributed by atoms with Crippen LogP contribution in [0.15, 0.2) is 5.38 Å². The van der Waals surface area contributed by atoms with Gasteiger partial charge in [0, 0.05) is 17.5 Å². The fourth-order valence-corrected chi connectivity index (χ4v) is 3.55. The van der Waals surface area contributed by atoms with Crippen LogP contribution in [0.2, 0.25) is 0 Å². The molecule has 0 spiro atoms. The number of carbonyl (C=O) groups is 1. The molecule has 1 fully saturated rings. The first-order valence-corrected chi connectivity index (χ1v) is 8.36. The van der Waals surface area contributed by atoms with Gasteiger partial charge >= 0.3 is 0 Å². The van der Waals surface area contributed by atoms with E-state index in [0.717, 1.165) is 36.6 Å². The first-order valence-electron chi connectivity index (χ1n) is 7.48. The van der Waals surface area contributed by atoms with Crippen molar-refractivity contribution in [1.29, 1.82) is 0 Å². The van der Waals surface area contributed by atoms with Gasteiger partial charge in [-0.1, -0.05) is 6.92 Å². The molecule has 0 radical (unpaired) electrons. The Bertz CT molecular complexity index is 463. The number of halogens is 2. The molecule has 1 aliphatic rings. The number of hydrogen-bond donors (Lipinski definition) is 2. The summed E-state index contributed by atoms with van der Waals surface area (Å²) in [4.78, 5) is 16.7. The van der Waals surface area contributed by atoms with Gasteiger partial charge in [0.05, 0.1) is 5.54 Å². The van der Waals surface area contributed by atoms with E-state index < -0.39 is 0 Å². The molecule has 2 atom stereocenters. The van der Waals surface area contributed by atoms with Gasteiger partial charge in [-0.3, -0.25) is 4.79 Å². The quantitative estimate of drug-likeness (QED) is 0.809. The van der Waals surface area contributed by atoms with Gasteiger partial charge in [0.2, 0.25) is 5.91 Å². The van der Waals surface area contributed by atoms with Crippen molar-refractivity contribution in [3.63, 3.8) is 0 Å². The van der Waals surface area contributed by atoms with Crippen molar-refractivity contribution in [3.8, 4) is 0 Å². The molecule has 1 saturated heterocycles. The van der Waals surface area contributed by atoms with E-state index in [1.807, 2.05) is 12.3 Å². The summed E-state index contributed by atoms with van der Waals surface area (Å²) in [6.07, 6.45) is 3.66. The summed E-state index contributed by atoms with van der Waals surface area (Å²) in [6, 6.07) is 0. The normalized spacial score (nSPS) is 19.7. The van der Waals surface area contributed by atoms with E-state index in [-0.39, 0.29) is 36.3 Å². The number of hydrogen-bond acceptors (Lipinski definition) is 4. The molecule has 0 aliphatic carbocycles. The van der Waals surface area contributed by atoms with Gasteiger partial charge in [-0.15, -0.1) is 36.2 Å². The SMILES string of the molecule is CCC(C)(NC(=O)CCC1CCNC1)c1nc(C)cs1.Cl.Cl. The summed E-state index contributed by atoms with van der Waals surface area (Å²) in [6.45, 7) is 8.31. The topological polar surface area (TPSA) is 54.0 Å². The van der Waals surface area contributed by atoms with Crippen LogP contribution in [0.1, 0.15) is 50.2 Å². The standard InChI is InChI=1S/C15H25N3OS.2ClH/c1-4-15(3,14-17-11(2)10-20-14)18-13(19)6-5-12-7-8-16-9-12;;/h10,12,16H,4-9H2,1-3H3,(H,18,19);2*1H. The van der Waals surface area contributed by atoms with Gasteiger partial charge in [-0.05, 0) is 52.1 Å². The van der Waals surface area contributed by atoms with E-state index in [9.17, 15) is 4.79 Å². The number of carbonyl (C=O) groups excluding carboxylic acids is 1. The molecular weight excluding hydrogens is 341 g/mol. The third kappa shape index (κ3) is 5.69. The van der Waals surface area contributed by atoms with E-state index >= 15 is 0 Å². The monoisotopic (exact) mass is 367 g/mol. The Labute approximate surface area is 149 Å². The maximum Gasteiger partial charge on any atom is 0.220 e. The largest absolute Gasteiger partial charge is 0.344 e. The van der Waals surface area contributed by atoms with Crippen LogP contribution in [-0.2, 0) is 10.3 Å².